The molecule has 2 bridgehead atoms. The van der Waals surface area contributed by atoms with Crippen molar-refractivity contribution in [3.05, 3.63) is 42.5 Å². The van der Waals surface area contributed by atoms with E-state index in [0.717, 1.165) is 18.8 Å². The third kappa shape index (κ3) is 7.39. The van der Waals surface area contributed by atoms with Crippen molar-refractivity contribution in [1.82, 2.24) is 10.6 Å². The first-order chi connectivity index (χ1) is 15.5. The lowest BCUT2D eigenvalue weighted by Crippen LogP contribution is -2.42. The van der Waals surface area contributed by atoms with Gasteiger partial charge in [0.25, 0.3) is 5.91 Å². The van der Waals surface area contributed by atoms with Gasteiger partial charge < -0.3 is 20.5 Å². The SMILES string of the molecule is O=C(O)CCCC=CC[C@@H]1[C@@H]2CC[C@@H](C2)[C@@H]1CNC(=O)CNC(=O)COc1ccccc1. The predicted octanol–water partition coefficient (Wildman–Crippen LogP) is 3.16. The van der Waals surface area contributed by atoms with Crippen molar-refractivity contribution in [3.8, 4) is 5.75 Å². The molecule has 3 N–H and O–H groups in total. The fourth-order valence-electron chi connectivity index (χ4n) is 5.15. The van der Waals surface area contributed by atoms with Crippen LogP contribution in [0.2, 0.25) is 0 Å². The number of benzene rings is 1. The van der Waals surface area contributed by atoms with Crippen LogP contribution in [0.3, 0.4) is 0 Å². The summed E-state index contributed by atoms with van der Waals surface area (Å²) < 4.78 is 5.38. The molecule has 2 fully saturated rings. The number of carboxylic acids is 1. The summed E-state index contributed by atoms with van der Waals surface area (Å²) in [6, 6.07) is 9.09. The Morgan fingerprint density at radius 2 is 1.75 bits per heavy atom. The van der Waals surface area contributed by atoms with Gasteiger partial charge in [-0.3, -0.25) is 14.4 Å². The zero-order valence-corrected chi connectivity index (χ0v) is 18.5. The Labute approximate surface area is 189 Å². The summed E-state index contributed by atoms with van der Waals surface area (Å²) in [7, 11) is 0. The van der Waals surface area contributed by atoms with E-state index < -0.39 is 5.97 Å². The van der Waals surface area contributed by atoms with Crippen molar-refractivity contribution >= 4 is 17.8 Å². The Morgan fingerprint density at radius 1 is 1.00 bits per heavy atom. The number of amides is 2. The molecule has 2 amide bonds. The first-order valence-corrected chi connectivity index (χ1v) is 11.6. The Morgan fingerprint density at radius 3 is 2.50 bits per heavy atom. The molecule has 0 radical (unpaired) electrons. The number of unbranched alkanes of at least 4 members (excludes halogenated alkanes) is 1. The molecule has 0 unspecified atom stereocenters. The van der Waals surface area contributed by atoms with Gasteiger partial charge in [-0.15, -0.1) is 0 Å². The summed E-state index contributed by atoms with van der Waals surface area (Å²) in [6.45, 7) is 0.477. The molecule has 32 heavy (non-hydrogen) atoms. The molecule has 3 rings (SSSR count). The van der Waals surface area contributed by atoms with Gasteiger partial charge in [-0.2, -0.15) is 0 Å². The number of hydrogen-bond acceptors (Lipinski definition) is 4. The number of para-hydroxylation sites is 1. The first-order valence-electron chi connectivity index (χ1n) is 11.6. The second kappa shape index (κ2) is 12.3. The number of carboxylic acid groups (broad SMARTS) is 1. The molecule has 0 aromatic heterocycles. The summed E-state index contributed by atoms with van der Waals surface area (Å²) in [5.74, 6) is 1.79. The minimum atomic E-state index is -0.748. The van der Waals surface area contributed by atoms with Gasteiger partial charge in [0.05, 0.1) is 6.54 Å². The van der Waals surface area contributed by atoms with E-state index in [9.17, 15) is 14.4 Å². The van der Waals surface area contributed by atoms with Crippen molar-refractivity contribution in [2.45, 2.75) is 44.9 Å². The average Bonchev–Trinajstić information content (AvgIpc) is 3.39. The maximum atomic E-state index is 12.3. The normalized spacial score (nSPS) is 23.9. The number of allylic oxidation sites excluding steroid dienone is 2. The largest absolute Gasteiger partial charge is 0.484 e. The van der Waals surface area contributed by atoms with Crippen LogP contribution < -0.4 is 15.4 Å². The number of carbonyl (C=O) groups is 3. The van der Waals surface area contributed by atoms with Crippen LogP contribution >= 0.6 is 0 Å². The Bertz CT molecular complexity index is 795. The highest BCUT2D eigenvalue weighted by atomic mass is 16.5. The van der Waals surface area contributed by atoms with Gasteiger partial charge in [-0.25, -0.2) is 0 Å². The number of ether oxygens (including phenoxy) is 1. The molecule has 7 nitrogen and oxygen atoms in total. The van der Waals surface area contributed by atoms with E-state index in [0.29, 0.717) is 36.5 Å². The monoisotopic (exact) mass is 442 g/mol. The van der Waals surface area contributed by atoms with E-state index in [1.807, 2.05) is 18.2 Å². The summed E-state index contributed by atoms with van der Waals surface area (Å²) in [4.78, 5) is 34.7. The van der Waals surface area contributed by atoms with Crippen LogP contribution in [0.5, 0.6) is 5.75 Å². The van der Waals surface area contributed by atoms with Crippen LogP contribution in [0.1, 0.15) is 44.9 Å². The third-order valence-corrected chi connectivity index (χ3v) is 6.71. The Balaban J connectivity index is 1.34. The van der Waals surface area contributed by atoms with Crippen LogP contribution in [0, 0.1) is 23.7 Å². The van der Waals surface area contributed by atoms with Crippen molar-refractivity contribution in [2.75, 3.05) is 19.7 Å². The number of carbonyl (C=O) groups excluding carboxylic acids is 2. The Kier molecular flexibility index (Phi) is 9.13. The number of fused-ring (bicyclic) bond motifs is 2. The third-order valence-electron chi connectivity index (χ3n) is 6.71. The van der Waals surface area contributed by atoms with E-state index in [-0.39, 0.29) is 31.4 Å². The minimum absolute atomic E-state index is 0.0497. The molecule has 2 aliphatic rings. The Hall–Kier alpha value is -2.83. The predicted molar refractivity (Wildman–Crippen MR) is 121 cm³/mol. The molecule has 4 atom stereocenters. The molecular formula is C25H34N2O5. The molecule has 174 valence electrons. The number of nitrogens with one attached hydrogen (secondary N) is 2. The van der Waals surface area contributed by atoms with E-state index in [4.69, 9.17) is 9.84 Å². The molecule has 1 aromatic carbocycles. The van der Waals surface area contributed by atoms with E-state index in [1.54, 1.807) is 12.1 Å². The summed E-state index contributed by atoms with van der Waals surface area (Å²) in [5, 5.41) is 14.3. The molecule has 0 heterocycles. The molecule has 0 aliphatic heterocycles. The molecule has 0 spiro atoms. The molecule has 1 aromatic rings. The van der Waals surface area contributed by atoms with Crippen LogP contribution in [0.15, 0.2) is 42.5 Å². The fraction of sp³-hybridized carbons (Fsp3) is 0.560. The number of aliphatic carboxylic acids is 1. The molecule has 0 saturated heterocycles. The fourth-order valence-corrected chi connectivity index (χ4v) is 5.15. The highest BCUT2D eigenvalue weighted by Gasteiger charge is 2.46. The van der Waals surface area contributed by atoms with Crippen LogP contribution in [0.4, 0.5) is 0 Å². The number of rotatable bonds is 13. The van der Waals surface area contributed by atoms with E-state index in [2.05, 4.69) is 22.8 Å². The zero-order chi connectivity index (χ0) is 22.8. The zero-order valence-electron chi connectivity index (χ0n) is 18.5. The molecular weight excluding hydrogens is 408 g/mol. The first kappa shape index (κ1) is 23.8. The highest BCUT2D eigenvalue weighted by molar-refractivity contribution is 5.85. The van der Waals surface area contributed by atoms with Crippen molar-refractivity contribution < 1.29 is 24.2 Å². The van der Waals surface area contributed by atoms with Crippen molar-refractivity contribution in [2.24, 2.45) is 23.7 Å². The van der Waals surface area contributed by atoms with Crippen LogP contribution in [0.25, 0.3) is 0 Å². The van der Waals surface area contributed by atoms with Crippen LogP contribution in [-0.4, -0.2) is 42.6 Å². The highest BCUT2D eigenvalue weighted by Crippen LogP contribution is 2.53. The smallest absolute Gasteiger partial charge is 0.303 e. The van der Waals surface area contributed by atoms with Gasteiger partial charge in [0.1, 0.15) is 5.75 Å². The molecule has 7 heteroatoms. The van der Waals surface area contributed by atoms with Gasteiger partial charge in [-0.1, -0.05) is 30.4 Å². The van der Waals surface area contributed by atoms with Gasteiger partial charge >= 0.3 is 5.97 Å². The lowest BCUT2D eigenvalue weighted by Gasteiger charge is -2.30. The maximum absolute atomic E-state index is 12.3. The lowest BCUT2D eigenvalue weighted by molar-refractivity contribution is -0.137. The summed E-state index contributed by atoms with van der Waals surface area (Å²) in [5.41, 5.74) is 0. The average molecular weight is 443 g/mol. The quantitative estimate of drug-likeness (QED) is 0.322. The number of hydrogen-bond donors (Lipinski definition) is 3. The summed E-state index contributed by atoms with van der Waals surface area (Å²) in [6.07, 6.45) is 10.7. The van der Waals surface area contributed by atoms with Crippen molar-refractivity contribution in [1.29, 1.82) is 0 Å². The van der Waals surface area contributed by atoms with E-state index >= 15 is 0 Å². The summed E-state index contributed by atoms with van der Waals surface area (Å²) >= 11 is 0. The van der Waals surface area contributed by atoms with Crippen LogP contribution in [-0.2, 0) is 14.4 Å². The van der Waals surface area contributed by atoms with Gasteiger partial charge in [-0.05, 0) is 74.3 Å². The lowest BCUT2D eigenvalue weighted by atomic mass is 9.77. The maximum Gasteiger partial charge on any atom is 0.303 e. The molecule has 2 saturated carbocycles. The second-order valence-corrected chi connectivity index (χ2v) is 8.84. The van der Waals surface area contributed by atoms with Gasteiger partial charge in [0.2, 0.25) is 5.91 Å². The van der Waals surface area contributed by atoms with Gasteiger partial charge in [0.15, 0.2) is 6.61 Å². The minimum Gasteiger partial charge on any atom is -0.484 e. The second-order valence-electron chi connectivity index (χ2n) is 8.84. The molecule has 2 aliphatic carbocycles. The van der Waals surface area contributed by atoms with Gasteiger partial charge in [0, 0.05) is 13.0 Å². The van der Waals surface area contributed by atoms with E-state index in [1.165, 1.54) is 19.3 Å². The van der Waals surface area contributed by atoms with Crippen molar-refractivity contribution in [3.63, 3.8) is 0 Å². The standard InChI is InChI=1S/C25H34N2O5/c28-23(16-27-24(29)17-32-20-8-4-3-5-9-20)26-15-22-19-13-12-18(14-19)21(22)10-6-1-2-7-11-25(30)31/h1,3-6,8-9,18-19,21-22H,2,7,10-17H2,(H,26,28)(H,27,29)(H,30,31)/t18-,19+,21-,22+/m1/s1. The topological polar surface area (TPSA) is 105 Å².